The number of amides is 2. The van der Waals surface area contributed by atoms with Gasteiger partial charge in [-0.1, -0.05) is 18.2 Å². The number of carbonyl (C=O) groups is 2. The van der Waals surface area contributed by atoms with E-state index in [-0.39, 0.29) is 18.4 Å². The van der Waals surface area contributed by atoms with Crippen LogP contribution in [0.15, 0.2) is 42.5 Å². The topological polar surface area (TPSA) is 69.6 Å². The van der Waals surface area contributed by atoms with Gasteiger partial charge in [0.25, 0.3) is 5.91 Å². The van der Waals surface area contributed by atoms with Crippen molar-refractivity contribution in [1.82, 2.24) is 4.90 Å². The molecular formula is C20H20F2N2O3. The first-order valence-corrected chi connectivity index (χ1v) is 8.74. The number of benzene rings is 2. The Morgan fingerprint density at radius 1 is 1.04 bits per heavy atom. The summed E-state index contributed by atoms with van der Waals surface area (Å²) in [4.78, 5) is 26.1. The molecule has 0 aliphatic carbocycles. The Bertz CT molecular complexity index is 811. The number of carbonyl (C=O) groups excluding carboxylic acids is 2. The summed E-state index contributed by atoms with van der Waals surface area (Å²) in [6.45, 7) is 1.09. The lowest BCUT2D eigenvalue weighted by Gasteiger charge is -2.29. The minimum atomic E-state index is -0.929. The molecule has 27 heavy (non-hydrogen) atoms. The predicted octanol–water partition coefficient (Wildman–Crippen LogP) is 2.74. The van der Waals surface area contributed by atoms with Gasteiger partial charge in [0.1, 0.15) is 17.2 Å². The molecule has 2 amide bonds. The van der Waals surface area contributed by atoms with Crippen molar-refractivity contribution in [2.24, 2.45) is 0 Å². The molecule has 1 fully saturated rings. The summed E-state index contributed by atoms with van der Waals surface area (Å²) in [6.07, 6.45) is 1.05. The van der Waals surface area contributed by atoms with Gasteiger partial charge in [-0.25, -0.2) is 8.78 Å². The summed E-state index contributed by atoms with van der Waals surface area (Å²) in [5.74, 6) is -2.75. The second kappa shape index (κ2) is 8.26. The highest BCUT2D eigenvalue weighted by Gasteiger charge is 2.21. The number of aliphatic hydroxyl groups excluding tert-OH is 1. The molecule has 0 spiro atoms. The molecular weight excluding hydrogens is 354 g/mol. The second-order valence-corrected chi connectivity index (χ2v) is 6.54. The van der Waals surface area contributed by atoms with E-state index < -0.39 is 23.1 Å². The molecule has 3 rings (SSSR count). The van der Waals surface area contributed by atoms with Crippen molar-refractivity contribution >= 4 is 17.5 Å². The third kappa shape index (κ3) is 4.68. The molecule has 0 saturated carbocycles. The fraction of sp³-hybridized carbons (Fsp3) is 0.300. The van der Waals surface area contributed by atoms with Crippen LogP contribution in [0.25, 0.3) is 0 Å². The molecule has 1 aliphatic heterocycles. The zero-order chi connectivity index (χ0) is 19.4. The summed E-state index contributed by atoms with van der Waals surface area (Å²) >= 11 is 0. The molecule has 142 valence electrons. The van der Waals surface area contributed by atoms with Crippen molar-refractivity contribution in [3.63, 3.8) is 0 Å². The standard InChI is InChI=1S/C20H20F2N2O3/c21-16-2-1-3-17(22)19(16)20(27)23-14-6-4-13(5-7-14)12-18(26)24-10-8-15(25)9-11-24/h1-7,15,25H,8-12H2,(H,23,27). The summed E-state index contributed by atoms with van der Waals surface area (Å²) in [5, 5.41) is 11.9. The Morgan fingerprint density at radius 3 is 2.22 bits per heavy atom. The molecule has 1 saturated heterocycles. The molecule has 2 aromatic carbocycles. The highest BCUT2D eigenvalue weighted by atomic mass is 19.1. The van der Waals surface area contributed by atoms with E-state index in [0.29, 0.717) is 31.6 Å². The molecule has 7 heteroatoms. The Morgan fingerprint density at radius 2 is 1.63 bits per heavy atom. The highest BCUT2D eigenvalue weighted by molar-refractivity contribution is 6.04. The predicted molar refractivity (Wildman–Crippen MR) is 96.3 cm³/mol. The number of piperidine rings is 1. The van der Waals surface area contributed by atoms with E-state index in [0.717, 1.165) is 17.7 Å². The van der Waals surface area contributed by atoms with Crippen LogP contribution < -0.4 is 5.32 Å². The number of nitrogens with one attached hydrogen (secondary N) is 1. The van der Waals surface area contributed by atoms with Crippen LogP contribution in [0.3, 0.4) is 0 Å². The van der Waals surface area contributed by atoms with Gasteiger partial charge in [0.05, 0.1) is 12.5 Å². The molecule has 0 radical (unpaired) electrons. The van der Waals surface area contributed by atoms with Crippen molar-refractivity contribution in [3.05, 3.63) is 65.2 Å². The molecule has 1 heterocycles. The maximum absolute atomic E-state index is 13.7. The minimum absolute atomic E-state index is 0.0212. The quantitative estimate of drug-likeness (QED) is 0.865. The monoisotopic (exact) mass is 374 g/mol. The fourth-order valence-corrected chi connectivity index (χ4v) is 3.02. The van der Waals surface area contributed by atoms with Crippen molar-refractivity contribution in [1.29, 1.82) is 0 Å². The molecule has 2 N–H and O–H groups in total. The van der Waals surface area contributed by atoms with E-state index in [9.17, 15) is 23.5 Å². The van der Waals surface area contributed by atoms with Gasteiger partial charge in [-0.15, -0.1) is 0 Å². The highest BCUT2D eigenvalue weighted by Crippen LogP contribution is 2.17. The van der Waals surface area contributed by atoms with Gasteiger partial charge >= 0.3 is 0 Å². The normalized spacial score (nSPS) is 14.9. The van der Waals surface area contributed by atoms with Crippen molar-refractivity contribution in [2.75, 3.05) is 18.4 Å². The van der Waals surface area contributed by atoms with Crippen LogP contribution in [0.5, 0.6) is 0 Å². The first kappa shape index (κ1) is 19.0. The van der Waals surface area contributed by atoms with E-state index in [1.807, 2.05) is 0 Å². The van der Waals surface area contributed by atoms with Crippen LogP contribution in [0.1, 0.15) is 28.8 Å². The number of nitrogens with zero attached hydrogens (tertiary/aromatic N) is 1. The number of anilines is 1. The Labute approximate surface area is 155 Å². The Hall–Kier alpha value is -2.80. The maximum atomic E-state index is 13.7. The smallest absolute Gasteiger partial charge is 0.261 e. The Kier molecular flexibility index (Phi) is 5.81. The third-order valence-electron chi connectivity index (χ3n) is 4.57. The first-order valence-electron chi connectivity index (χ1n) is 8.74. The molecule has 0 atom stereocenters. The molecule has 0 unspecified atom stereocenters. The van der Waals surface area contributed by atoms with Crippen LogP contribution >= 0.6 is 0 Å². The zero-order valence-corrected chi connectivity index (χ0v) is 14.6. The lowest BCUT2D eigenvalue weighted by molar-refractivity contribution is -0.132. The minimum Gasteiger partial charge on any atom is -0.393 e. The fourth-order valence-electron chi connectivity index (χ4n) is 3.02. The number of hydrogen-bond acceptors (Lipinski definition) is 3. The number of hydrogen-bond donors (Lipinski definition) is 2. The van der Waals surface area contributed by atoms with Crippen LogP contribution in [-0.2, 0) is 11.2 Å². The number of likely N-dealkylation sites (tertiary alicyclic amines) is 1. The van der Waals surface area contributed by atoms with E-state index in [1.165, 1.54) is 6.07 Å². The first-order chi connectivity index (χ1) is 12.9. The van der Waals surface area contributed by atoms with Gasteiger partial charge in [0.15, 0.2) is 0 Å². The third-order valence-corrected chi connectivity index (χ3v) is 4.57. The van der Waals surface area contributed by atoms with Crippen LogP contribution in [0.4, 0.5) is 14.5 Å². The molecule has 0 bridgehead atoms. The van der Waals surface area contributed by atoms with Crippen LogP contribution in [0, 0.1) is 11.6 Å². The van der Waals surface area contributed by atoms with E-state index >= 15 is 0 Å². The average molecular weight is 374 g/mol. The molecule has 1 aliphatic rings. The van der Waals surface area contributed by atoms with Gasteiger partial charge in [0, 0.05) is 18.8 Å². The summed E-state index contributed by atoms with van der Waals surface area (Å²) in [5.41, 5.74) is 0.505. The summed E-state index contributed by atoms with van der Waals surface area (Å²) in [7, 11) is 0. The summed E-state index contributed by atoms with van der Waals surface area (Å²) in [6, 6.07) is 9.77. The van der Waals surface area contributed by atoms with Gasteiger partial charge in [-0.3, -0.25) is 9.59 Å². The van der Waals surface area contributed by atoms with Gasteiger partial charge in [0.2, 0.25) is 5.91 Å². The van der Waals surface area contributed by atoms with E-state index in [2.05, 4.69) is 5.32 Å². The maximum Gasteiger partial charge on any atom is 0.261 e. The lowest BCUT2D eigenvalue weighted by Crippen LogP contribution is -2.40. The number of aliphatic hydroxyl groups is 1. The van der Waals surface area contributed by atoms with Crippen LogP contribution in [-0.4, -0.2) is 41.0 Å². The van der Waals surface area contributed by atoms with Crippen molar-refractivity contribution < 1.29 is 23.5 Å². The molecule has 2 aromatic rings. The Balaban J connectivity index is 1.60. The van der Waals surface area contributed by atoms with Crippen molar-refractivity contribution in [3.8, 4) is 0 Å². The SMILES string of the molecule is O=C(Nc1ccc(CC(=O)N2CCC(O)CC2)cc1)c1c(F)cccc1F. The van der Waals surface area contributed by atoms with Gasteiger partial charge in [-0.05, 0) is 42.7 Å². The lowest BCUT2D eigenvalue weighted by atomic mass is 10.1. The van der Waals surface area contributed by atoms with Crippen molar-refractivity contribution in [2.45, 2.75) is 25.4 Å². The van der Waals surface area contributed by atoms with E-state index in [4.69, 9.17) is 0 Å². The number of halogens is 2. The average Bonchev–Trinajstić information content (AvgIpc) is 2.63. The van der Waals surface area contributed by atoms with Gasteiger partial charge in [-0.2, -0.15) is 0 Å². The van der Waals surface area contributed by atoms with Crippen LogP contribution in [0.2, 0.25) is 0 Å². The summed E-state index contributed by atoms with van der Waals surface area (Å²) < 4.78 is 27.3. The second-order valence-electron chi connectivity index (χ2n) is 6.54. The molecule has 5 nitrogen and oxygen atoms in total. The molecule has 0 aromatic heterocycles. The van der Waals surface area contributed by atoms with Gasteiger partial charge < -0.3 is 15.3 Å². The number of rotatable bonds is 4. The van der Waals surface area contributed by atoms with E-state index in [1.54, 1.807) is 29.2 Å². The largest absolute Gasteiger partial charge is 0.393 e. The zero-order valence-electron chi connectivity index (χ0n) is 14.6.